The summed E-state index contributed by atoms with van der Waals surface area (Å²) in [5.41, 5.74) is 5.23. The van der Waals surface area contributed by atoms with Gasteiger partial charge in [-0.1, -0.05) is 17.7 Å². The van der Waals surface area contributed by atoms with E-state index in [9.17, 15) is 5.11 Å². The molecule has 0 aliphatic rings. The topological polar surface area (TPSA) is 20.2 Å². The molecule has 0 aliphatic carbocycles. The third-order valence-corrected chi connectivity index (χ3v) is 3.58. The SMILES string of the molecule is CSCCC(O)Cc1c(C)cc(C)cc1C. The van der Waals surface area contributed by atoms with Crippen LogP contribution in [0.2, 0.25) is 0 Å². The maximum absolute atomic E-state index is 9.94. The van der Waals surface area contributed by atoms with Crippen molar-refractivity contribution in [2.45, 2.75) is 39.7 Å². The first-order valence-corrected chi connectivity index (χ1v) is 7.17. The molecule has 0 aliphatic heterocycles. The molecule has 0 aromatic heterocycles. The van der Waals surface area contributed by atoms with Gasteiger partial charge < -0.3 is 5.11 Å². The lowest BCUT2D eigenvalue weighted by molar-refractivity contribution is 0.171. The molecule has 1 nitrogen and oxygen atoms in total. The van der Waals surface area contributed by atoms with E-state index in [2.05, 4.69) is 39.2 Å². The van der Waals surface area contributed by atoms with Crippen molar-refractivity contribution in [3.63, 3.8) is 0 Å². The molecule has 2 heteroatoms. The molecule has 1 rings (SSSR count). The largest absolute Gasteiger partial charge is 0.393 e. The Labute approximate surface area is 103 Å². The minimum Gasteiger partial charge on any atom is -0.393 e. The number of hydrogen-bond acceptors (Lipinski definition) is 2. The number of aliphatic hydroxyl groups is 1. The Morgan fingerprint density at radius 1 is 1.19 bits per heavy atom. The first-order chi connectivity index (χ1) is 7.54. The molecule has 0 amide bonds. The van der Waals surface area contributed by atoms with Crippen LogP contribution < -0.4 is 0 Å². The standard InChI is InChI=1S/C14H22OS/c1-10-7-11(2)14(12(3)8-10)9-13(15)5-6-16-4/h7-8,13,15H,5-6,9H2,1-4H3. The summed E-state index contributed by atoms with van der Waals surface area (Å²) in [6, 6.07) is 4.40. The number of benzene rings is 1. The van der Waals surface area contributed by atoms with Gasteiger partial charge in [-0.25, -0.2) is 0 Å². The number of hydrogen-bond donors (Lipinski definition) is 1. The Balaban J connectivity index is 2.73. The average molecular weight is 238 g/mol. The summed E-state index contributed by atoms with van der Waals surface area (Å²) in [5.74, 6) is 1.03. The molecule has 1 N–H and O–H groups in total. The fourth-order valence-electron chi connectivity index (χ4n) is 2.12. The van der Waals surface area contributed by atoms with Crippen LogP contribution in [0.3, 0.4) is 0 Å². The summed E-state index contributed by atoms with van der Waals surface area (Å²) in [6.45, 7) is 6.39. The summed E-state index contributed by atoms with van der Waals surface area (Å²) in [4.78, 5) is 0. The average Bonchev–Trinajstić information content (AvgIpc) is 2.20. The van der Waals surface area contributed by atoms with E-state index in [4.69, 9.17) is 0 Å². The van der Waals surface area contributed by atoms with Crippen molar-refractivity contribution in [2.75, 3.05) is 12.0 Å². The van der Waals surface area contributed by atoms with E-state index in [0.717, 1.165) is 18.6 Å². The van der Waals surface area contributed by atoms with Gasteiger partial charge in [0, 0.05) is 0 Å². The van der Waals surface area contributed by atoms with E-state index >= 15 is 0 Å². The Morgan fingerprint density at radius 3 is 2.25 bits per heavy atom. The van der Waals surface area contributed by atoms with Gasteiger partial charge in [0.25, 0.3) is 0 Å². The van der Waals surface area contributed by atoms with Crippen molar-refractivity contribution in [2.24, 2.45) is 0 Å². The van der Waals surface area contributed by atoms with E-state index in [0.29, 0.717) is 0 Å². The highest BCUT2D eigenvalue weighted by molar-refractivity contribution is 7.98. The second kappa shape index (κ2) is 6.31. The Hall–Kier alpha value is -0.470. The lowest BCUT2D eigenvalue weighted by Crippen LogP contribution is -2.13. The molecule has 0 saturated carbocycles. The molecule has 0 bridgehead atoms. The fraction of sp³-hybridized carbons (Fsp3) is 0.571. The van der Waals surface area contributed by atoms with E-state index in [1.807, 2.05) is 0 Å². The molecule has 0 fully saturated rings. The molecule has 0 heterocycles. The molecule has 0 spiro atoms. The van der Waals surface area contributed by atoms with Crippen LogP contribution >= 0.6 is 11.8 Å². The van der Waals surface area contributed by atoms with Crippen LogP contribution in [-0.4, -0.2) is 23.2 Å². The monoisotopic (exact) mass is 238 g/mol. The zero-order valence-corrected chi connectivity index (χ0v) is 11.5. The van der Waals surface area contributed by atoms with Crippen molar-refractivity contribution in [1.82, 2.24) is 0 Å². The molecular weight excluding hydrogens is 216 g/mol. The number of aryl methyl sites for hydroxylation is 3. The van der Waals surface area contributed by atoms with Gasteiger partial charge in [0.15, 0.2) is 0 Å². The van der Waals surface area contributed by atoms with E-state index < -0.39 is 0 Å². The van der Waals surface area contributed by atoms with Crippen LogP contribution in [-0.2, 0) is 6.42 Å². The Morgan fingerprint density at radius 2 is 1.75 bits per heavy atom. The van der Waals surface area contributed by atoms with Crippen LogP contribution in [0.4, 0.5) is 0 Å². The molecule has 1 unspecified atom stereocenters. The molecule has 1 atom stereocenters. The normalized spacial score (nSPS) is 12.8. The lowest BCUT2D eigenvalue weighted by Gasteiger charge is -2.15. The molecule has 1 aromatic rings. The van der Waals surface area contributed by atoms with Crippen molar-refractivity contribution < 1.29 is 5.11 Å². The highest BCUT2D eigenvalue weighted by Gasteiger charge is 2.10. The van der Waals surface area contributed by atoms with Crippen molar-refractivity contribution >= 4 is 11.8 Å². The second-order valence-corrected chi connectivity index (χ2v) is 5.50. The molecule has 90 valence electrons. The van der Waals surface area contributed by atoms with E-state index in [-0.39, 0.29) is 6.10 Å². The molecule has 0 radical (unpaired) electrons. The molecule has 16 heavy (non-hydrogen) atoms. The Kier molecular flexibility index (Phi) is 5.36. The first-order valence-electron chi connectivity index (χ1n) is 5.78. The van der Waals surface area contributed by atoms with Crippen molar-refractivity contribution in [3.05, 3.63) is 34.4 Å². The number of thioether (sulfide) groups is 1. The third-order valence-electron chi connectivity index (χ3n) is 2.94. The van der Waals surface area contributed by atoms with Gasteiger partial charge in [-0.3, -0.25) is 0 Å². The lowest BCUT2D eigenvalue weighted by atomic mass is 9.95. The molecule has 1 aromatic carbocycles. The van der Waals surface area contributed by atoms with Gasteiger partial charge in [0.05, 0.1) is 6.10 Å². The van der Waals surface area contributed by atoms with Crippen LogP contribution in [0.15, 0.2) is 12.1 Å². The van der Waals surface area contributed by atoms with Crippen LogP contribution in [0.1, 0.15) is 28.7 Å². The van der Waals surface area contributed by atoms with Gasteiger partial charge in [0.1, 0.15) is 0 Å². The molecular formula is C14H22OS. The maximum Gasteiger partial charge on any atom is 0.0588 e. The van der Waals surface area contributed by atoms with E-state index in [1.54, 1.807) is 11.8 Å². The van der Waals surface area contributed by atoms with Gasteiger partial charge in [0.2, 0.25) is 0 Å². The summed E-state index contributed by atoms with van der Waals surface area (Å²) in [7, 11) is 0. The fourth-order valence-corrected chi connectivity index (χ4v) is 2.63. The van der Waals surface area contributed by atoms with Crippen LogP contribution in [0.5, 0.6) is 0 Å². The molecule has 0 saturated heterocycles. The summed E-state index contributed by atoms with van der Waals surface area (Å²) >= 11 is 1.79. The van der Waals surface area contributed by atoms with Crippen LogP contribution in [0.25, 0.3) is 0 Å². The predicted molar refractivity (Wildman–Crippen MR) is 73.4 cm³/mol. The zero-order valence-electron chi connectivity index (χ0n) is 10.7. The van der Waals surface area contributed by atoms with Gasteiger partial charge in [-0.2, -0.15) is 11.8 Å². The maximum atomic E-state index is 9.94. The second-order valence-electron chi connectivity index (χ2n) is 4.52. The minimum atomic E-state index is -0.201. The summed E-state index contributed by atoms with van der Waals surface area (Å²) < 4.78 is 0. The summed E-state index contributed by atoms with van der Waals surface area (Å²) in [5, 5.41) is 9.94. The highest BCUT2D eigenvalue weighted by atomic mass is 32.2. The minimum absolute atomic E-state index is 0.201. The van der Waals surface area contributed by atoms with Crippen LogP contribution in [0, 0.1) is 20.8 Å². The zero-order chi connectivity index (χ0) is 12.1. The van der Waals surface area contributed by atoms with Gasteiger partial charge in [-0.15, -0.1) is 0 Å². The van der Waals surface area contributed by atoms with Gasteiger partial charge in [-0.05, 0) is 62.3 Å². The van der Waals surface area contributed by atoms with Gasteiger partial charge >= 0.3 is 0 Å². The van der Waals surface area contributed by atoms with Crippen molar-refractivity contribution in [1.29, 1.82) is 0 Å². The quantitative estimate of drug-likeness (QED) is 0.849. The highest BCUT2D eigenvalue weighted by Crippen LogP contribution is 2.19. The third kappa shape index (κ3) is 3.84. The summed E-state index contributed by atoms with van der Waals surface area (Å²) in [6.07, 6.45) is 3.55. The predicted octanol–water partition coefficient (Wildman–Crippen LogP) is 3.27. The number of aliphatic hydroxyl groups excluding tert-OH is 1. The Bertz CT molecular complexity index is 324. The smallest absolute Gasteiger partial charge is 0.0588 e. The first kappa shape index (κ1) is 13.6. The van der Waals surface area contributed by atoms with E-state index in [1.165, 1.54) is 22.3 Å². The van der Waals surface area contributed by atoms with Crippen molar-refractivity contribution in [3.8, 4) is 0 Å². The number of rotatable bonds is 5.